The molecule has 0 saturated carbocycles. The highest BCUT2D eigenvalue weighted by Gasteiger charge is 2.05. The van der Waals surface area contributed by atoms with Crippen LogP contribution < -0.4 is 5.43 Å². The molecule has 2 N–H and O–H groups in total. The number of nitro benzene ring substituents is 1. The topological polar surface area (TPSA) is 105 Å². The Kier molecular flexibility index (Phi) is 4.25. The van der Waals surface area contributed by atoms with E-state index >= 15 is 0 Å². The van der Waals surface area contributed by atoms with Crippen molar-refractivity contribution in [3.63, 3.8) is 0 Å². The SMILES string of the molecule is O=C(N/N=C\c1ccc([N+](=O)[O-])cc1)c1cccc(O)c1. The number of non-ortho nitro benzene ring substituents is 1. The van der Waals surface area contributed by atoms with Crippen LogP contribution in [0.2, 0.25) is 0 Å². The van der Waals surface area contributed by atoms with E-state index in [4.69, 9.17) is 0 Å². The molecular weight excluding hydrogens is 274 g/mol. The molecule has 0 heterocycles. The first-order valence-electron chi connectivity index (χ1n) is 5.93. The first-order valence-corrected chi connectivity index (χ1v) is 5.93. The third-order valence-electron chi connectivity index (χ3n) is 2.59. The molecule has 0 atom stereocenters. The number of amides is 1. The fraction of sp³-hybridized carbons (Fsp3) is 0. The van der Waals surface area contributed by atoms with E-state index in [2.05, 4.69) is 10.5 Å². The van der Waals surface area contributed by atoms with Crippen molar-refractivity contribution in [1.82, 2.24) is 5.43 Å². The van der Waals surface area contributed by atoms with Gasteiger partial charge in [-0.15, -0.1) is 0 Å². The Labute approximate surface area is 119 Å². The molecule has 7 heteroatoms. The quantitative estimate of drug-likeness (QED) is 0.509. The molecule has 21 heavy (non-hydrogen) atoms. The van der Waals surface area contributed by atoms with Crippen molar-refractivity contribution in [2.45, 2.75) is 0 Å². The van der Waals surface area contributed by atoms with Crippen LogP contribution in [0.5, 0.6) is 5.75 Å². The fourth-order valence-corrected chi connectivity index (χ4v) is 1.56. The molecule has 0 aliphatic rings. The zero-order valence-corrected chi connectivity index (χ0v) is 10.8. The van der Waals surface area contributed by atoms with Crippen molar-refractivity contribution in [3.8, 4) is 5.75 Å². The largest absolute Gasteiger partial charge is 0.508 e. The Morgan fingerprint density at radius 2 is 1.95 bits per heavy atom. The Bertz CT molecular complexity index is 696. The molecular formula is C14H11N3O4. The summed E-state index contributed by atoms with van der Waals surface area (Å²) < 4.78 is 0. The summed E-state index contributed by atoms with van der Waals surface area (Å²) in [6, 6.07) is 11.6. The molecule has 0 unspecified atom stereocenters. The Morgan fingerprint density at radius 1 is 1.24 bits per heavy atom. The summed E-state index contributed by atoms with van der Waals surface area (Å²) in [5, 5.41) is 23.5. The molecule has 106 valence electrons. The molecule has 0 spiro atoms. The van der Waals surface area contributed by atoms with Crippen LogP contribution in [-0.2, 0) is 0 Å². The van der Waals surface area contributed by atoms with E-state index in [9.17, 15) is 20.0 Å². The number of hydrogen-bond acceptors (Lipinski definition) is 5. The number of benzene rings is 2. The van der Waals surface area contributed by atoms with Gasteiger partial charge in [-0.2, -0.15) is 5.10 Å². The Morgan fingerprint density at radius 3 is 2.57 bits per heavy atom. The lowest BCUT2D eigenvalue weighted by Gasteiger charge is -2.00. The van der Waals surface area contributed by atoms with Crippen LogP contribution in [0.3, 0.4) is 0 Å². The summed E-state index contributed by atoms with van der Waals surface area (Å²) in [4.78, 5) is 21.7. The summed E-state index contributed by atoms with van der Waals surface area (Å²) in [6.07, 6.45) is 1.37. The number of hydrogen-bond donors (Lipinski definition) is 2. The highest BCUT2D eigenvalue weighted by molar-refractivity contribution is 5.95. The van der Waals surface area contributed by atoms with Crippen LogP contribution in [0, 0.1) is 10.1 Å². The van der Waals surface area contributed by atoms with E-state index in [1.54, 1.807) is 6.07 Å². The number of phenols is 1. The third kappa shape index (κ3) is 3.87. The molecule has 2 aromatic rings. The van der Waals surface area contributed by atoms with Gasteiger partial charge in [-0.3, -0.25) is 14.9 Å². The van der Waals surface area contributed by atoms with Crippen LogP contribution in [0.15, 0.2) is 53.6 Å². The predicted molar refractivity (Wildman–Crippen MR) is 76.3 cm³/mol. The second kappa shape index (κ2) is 6.29. The number of nitrogens with zero attached hydrogens (tertiary/aromatic N) is 2. The maximum Gasteiger partial charge on any atom is 0.271 e. The molecule has 1 amide bonds. The van der Waals surface area contributed by atoms with Gasteiger partial charge in [0.15, 0.2) is 0 Å². The van der Waals surface area contributed by atoms with Gasteiger partial charge < -0.3 is 5.11 Å². The van der Waals surface area contributed by atoms with Crippen molar-refractivity contribution in [2.24, 2.45) is 5.10 Å². The van der Waals surface area contributed by atoms with E-state index in [1.807, 2.05) is 0 Å². The molecule has 0 radical (unpaired) electrons. The fourth-order valence-electron chi connectivity index (χ4n) is 1.56. The third-order valence-corrected chi connectivity index (χ3v) is 2.59. The summed E-state index contributed by atoms with van der Waals surface area (Å²) >= 11 is 0. The van der Waals surface area contributed by atoms with Gasteiger partial charge in [-0.25, -0.2) is 5.43 Å². The van der Waals surface area contributed by atoms with Gasteiger partial charge in [0.1, 0.15) is 5.75 Å². The van der Waals surface area contributed by atoms with Crippen LogP contribution in [0.25, 0.3) is 0 Å². The maximum atomic E-state index is 11.7. The highest BCUT2D eigenvalue weighted by Crippen LogP contribution is 2.11. The molecule has 0 aliphatic carbocycles. The van der Waals surface area contributed by atoms with Crippen molar-refractivity contribution < 1.29 is 14.8 Å². The van der Waals surface area contributed by atoms with E-state index in [0.29, 0.717) is 5.56 Å². The Balaban J connectivity index is 1.99. The van der Waals surface area contributed by atoms with E-state index in [1.165, 1.54) is 48.7 Å². The lowest BCUT2D eigenvalue weighted by Crippen LogP contribution is -2.17. The van der Waals surface area contributed by atoms with E-state index in [0.717, 1.165) is 0 Å². The number of rotatable bonds is 4. The van der Waals surface area contributed by atoms with Crippen molar-refractivity contribution in [3.05, 3.63) is 69.8 Å². The average molecular weight is 285 g/mol. The van der Waals surface area contributed by atoms with Crippen molar-refractivity contribution in [1.29, 1.82) is 0 Å². The molecule has 0 fully saturated rings. The van der Waals surface area contributed by atoms with Gasteiger partial charge in [0.2, 0.25) is 0 Å². The number of carbonyl (C=O) groups excluding carboxylic acids is 1. The first kappa shape index (κ1) is 14.2. The number of phenolic OH excluding ortho intramolecular Hbond substituents is 1. The number of hydrazone groups is 1. The van der Waals surface area contributed by atoms with E-state index < -0.39 is 10.8 Å². The highest BCUT2D eigenvalue weighted by atomic mass is 16.6. The van der Waals surface area contributed by atoms with Gasteiger partial charge in [0, 0.05) is 17.7 Å². The first-order chi connectivity index (χ1) is 10.1. The molecule has 2 rings (SSSR count). The van der Waals surface area contributed by atoms with Gasteiger partial charge in [-0.1, -0.05) is 6.07 Å². The second-order valence-corrected chi connectivity index (χ2v) is 4.10. The van der Waals surface area contributed by atoms with E-state index in [-0.39, 0.29) is 17.0 Å². The number of carbonyl (C=O) groups is 1. The number of aromatic hydroxyl groups is 1. The second-order valence-electron chi connectivity index (χ2n) is 4.10. The molecule has 0 bridgehead atoms. The molecule has 0 saturated heterocycles. The standard InChI is InChI=1S/C14H11N3O4/c18-13-3-1-2-11(8-13)14(19)16-15-9-10-4-6-12(7-5-10)17(20)21/h1-9,18H,(H,16,19)/b15-9-. The van der Waals surface area contributed by atoms with Gasteiger partial charge in [-0.05, 0) is 35.9 Å². The Hall–Kier alpha value is -3.22. The predicted octanol–water partition coefficient (Wildman–Crippen LogP) is 2.06. The number of nitrogens with one attached hydrogen (secondary N) is 1. The molecule has 0 aliphatic heterocycles. The zero-order valence-electron chi connectivity index (χ0n) is 10.8. The maximum absolute atomic E-state index is 11.7. The molecule has 2 aromatic carbocycles. The minimum Gasteiger partial charge on any atom is -0.508 e. The van der Waals surface area contributed by atoms with Crippen molar-refractivity contribution >= 4 is 17.8 Å². The van der Waals surface area contributed by atoms with Gasteiger partial charge in [0.05, 0.1) is 11.1 Å². The zero-order chi connectivity index (χ0) is 15.2. The summed E-state index contributed by atoms with van der Waals surface area (Å²) in [6.45, 7) is 0. The van der Waals surface area contributed by atoms with Gasteiger partial charge in [0.25, 0.3) is 11.6 Å². The monoisotopic (exact) mass is 285 g/mol. The molecule has 7 nitrogen and oxygen atoms in total. The van der Waals surface area contributed by atoms with Crippen LogP contribution in [-0.4, -0.2) is 22.2 Å². The molecule has 0 aromatic heterocycles. The van der Waals surface area contributed by atoms with Crippen LogP contribution in [0.4, 0.5) is 5.69 Å². The summed E-state index contributed by atoms with van der Waals surface area (Å²) in [5.41, 5.74) is 3.16. The van der Waals surface area contributed by atoms with Gasteiger partial charge >= 0.3 is 0 Å². The smallest absolute Gasteiger partial charge is 0.271 e. The normalized spacial score (nSPS) is 10.5. The minimum absolute atomic E-state index is 0.0120. The number of nitro groups is 1. The lowest BCUT2D eigenvalue weighted by molar-refractivity contribution is -0.384. The minimum atomic E-state index is -0.495. The van der Waals surface area contributed by atoms with Crippen molar-refractivity contribution in [2.75, 3.05) is 0 Å². The summed E-state index contributed by atoms with van der Waals surface area (Å²) in [5.74, 6) is -0.480. The average Bonchev–Trinajstić information content (AvgIpc) is 2.47. The van der Waals surface area contributed by atoms with Crippen LogP contribution >= 0.6 is 0 Å². The van der Waals surface area contributed by atoms with Crippen LogP contribution in [0.1, 0.15) is 15.9 Å². The summed E-state index contributed by atoms with van der Waals surface area (Å²) in [7, 11) is 0. The lowest BCUT2D eigenvalue weighted by atomic mass is 10.2.